The Hall–Kier alpha value is -2.29. The number of benzene rings is 2. The molecule has 0 fully saturated rings. The number of aldehydes is 1. The van der Waals surface area contributed by atoms with Crippen molar-refractivity contribution in [1.82, 2.24) is 0 Å². The van der Waals surface area contributed by atoms with Gasteiger partial charge in [0.2, 0.25) is 0 Å². The molecule has 0 aliphatic heterocycles. The molecule has 0 aliphatic carbocycles. The lowest BCUT2D eigenvalue weighted by atomic mass is 10.1. The van der Waals surface area contributed by atoms with Crippen LogP contribution in [0.5, 0.6) is 0 Å². The number of carbonyl (C=O) groups is 1. The summed E-state index contributed by atoms with van der Waals surface area (Å²) in [5, 5.41) is 3.34. The number of nitrogens with one attached hydrogen (secondary N) is 1. The molecular formula is C15H16N2O. The average Bonchev–Trinajstić information content (AvgIpc) is 2.42. The zero-order chi connectivity index (χ0) is 13.0. The Morgan fingerprint density at radius 3 is 2.50 bits per heavy atom. The fraction of sp³-hybridized carbons (Fsp3) is 0.133. The van der Waals surface area contributed by atoms with Gasteiger partial charge in [0.15, 0.2) is 0 Å². The van der Waals surface area contributed by atoms with E-state index in [1.165, 1.54) is 5.56 Å². The topological polar surface area (TPSA) is 55.1 Å². The molecule has 2 rings (SSSR count). The maximum absolute atomic E-state index is 10.6. The SMILES string of the molecule is CC(Nc1ccc(C=O)cc1N)c1ccccc1. The molecule has 0 saturated heterocycles. The molecule has 0 spiro atoms. The highest BCUT2D eigenvalue weighted by Crippen LogP contribution is 2.24. The molecule has 2 aromatic carbocycles. The van der Waals surface area contributed by atoms with E-state index in [1.54, 1.807) is 12.1 Å². The van der Waals surface area contributed by atoms with Crippen LogP contribution in [0.4, 0.5) is 11.4 Å². The minimum atomic E-state index is 0.163. The molecule has 0 bridgehead atoms. The van der Waals surface area contributed by atoms with Gasteiger partial charge in [0, 0.05) is 11.6 Å². The summed E-state index contributed by atoms with van der Waals surface area (Å²) >= 11 is 0. The third kappa shape index (κ3) is 2.69. The molecule has 0 aromatic heterocycles. The minimum absolute atomic E-state index is 0.163. The van der Waals surface area contributed by atoms with Gasteiger partial charge in [-0.05, 0) is 30.7 Å². The van der Waals surface area contributed by atoms with Gasteiger partial charge in [0.05, 0.1) is 11.4 Å². The smallest absolute Gasteiger partial charge is 0.150 e. The number of nitrogens with two attached hydrogens (primary N) is 1. The molecule has 2 aromatic rings. The Labute approximate surface area is 107 Å². The fourth-order valence-corrected chi connectivity index (χ4v) is 1.84. The third-order valence-electron chi connectivity index (χ3n) is 2.88. The van der Waals surface area contributed by atoms with Crippen molar-refractivity contribution >= 4 is 17.7 Å². The van der Waals surface area contributed by atoms with E-state index in [-0.39, 0.29) is 6.04 Å². The molecule has 1 atom stereocenters. The Morgan fingerprint density at radius 2 is 1.89 bits per heavy atom. The molecular weight excluding hydrogens is 224 g/mol. The highest BCUT2D eigenvalue weighted by Gasteiger charge is 2.07. The molecule has 3 N–H and O–H groups in total. The van der Waals surface area contributed by atoms with Crippen LogP contribution in [0, 0.1) is 0 Å². The van der Waals surface area contributed by atoms with Crippen molar-refractivity contribution < 1.29 is 4.79 Å². The van der Waals surface area contributed by atoms with Gasteiger partial charge in [0.25, 0.3) is 0 Å². The van der Waals surface area contributed by atoms with Crippen molar-refractivity contribution in [3.05, 3.63) is 59.7 Å². The summed E-state index contributed by atoms with van der Waals surface area (Å²) in [4.78, 5) is 10.6. The van der Waals surface area contributed by atoms with Crippen LogP contribution in [0.3, 0.4) is 0 Å². The quantitative estimate of drug-likeness (QED) is 0.637. The molecule has 92 valence electrons. The van der Waals surface area contributed by atoms with Crippen molar-refractivity contribution in [2.75, 3.05) is 11.1 Å². The fourth-order valence-electron chi connectivity index (χ4n) is 1.84. The number of rotatable bonds is 4. The monoisotopic (exact) mass is 240 g/mol. The summed E-state index contributed by atoms with van der Waals surface area (Å²) in [7, 11) is 0. The maximum Gasteiger partial charge on any atom is 0.150 e. The first-order valence-corrected chi connectivity index (χ1v) is 5.87. The number of hydrogen-bond acceptors (Lipinski definition) is 3. The van der Waals surface area contributed by atoms with E-state index >= 15 is 0 Å². The second-order valence-corrected chi connectivity index (χ2v) is 4.24. The van der Waals surface area contributed by atoms with Crippen LogP contribution in [0.2, 0.25) is 0 Å². The maximum atomic E-state index is 10.6. The van der Waals surface area contributed by atoms with Crippen molar-refractivity contribution in [1.29, 1.82) is 0 Å². The van der Waals surface area contributed by atoms with Crippen molar-refractivity contribution in [3.8, 4) is 0 Å². The van der Waals surface area contributed by atoms with Gasteiger partial charge in [-0.2, -0.15) is 0 Å². The van der Waals surface area contributed by atoms with E-state index < -0.39 is 0 Å². The lowest BCUT2D eigenvalue weighted by Crippen LogP contribution is -2.08. The second kappa shape index (κ2) is 5.36. The van der Waals surface area contributed by atoms with Crippen LogP contribution >= 0.6 is 0 Å². The van der Waals surface area contributed by atoms with E-state index in [0.717, 1.165) is 12.0 Å². The number of hydrogen-bond donors (Lipinski definition) is 2. The predicted octanol–water partition coefficient (Wildman–Crippen LogP) is 3.25. The van der Waals surface area contributed by atoms with Crippen LogP contribution in [-0.2, 0) is 0 Å². The first-order chi connectivity index (χ1) is 8.70. The van der Waals surface area contributed by atoms with Gasteiger partial charge in [-0.3, -0.25) is 4.79 Å². The van der Waals surface area contributed by atoms with E-state index in [4.69, 9.17) is 5.73 Å². The standard InChI is InChI=1S/C15H16N2O/c1-11(13-5-3-2-4-6-13)17-15-8-7-12(10-18)9-14(15)16/h2-11,17H,16H2,1H3. The lowest BCUT2D eigenvalue weighted by Gasteiger charge is -2.17. The minimum Gasteiger partial charge on any atom is -0.397 e. The predicted molar refractivity (Wildman–Crippen MR) is 74.7 cm³/mol. The van der Waals surface area contributed by atoms with Gasteiger partial charge < -0.3 is 11.1 Å². The molecule has 1 unspecified atom stereocenters. The van der Waals surface area contributed by atoms with Gasteiger partial charge in [-0.1, -0.05) is 30.3 Å². The van der Waals surface area contributed by atoms with Crippen LogP contribution in [0.25, 0.3) is 0 Å². The van der Waals surface area contributed by atoms with Crippen LogP contribution in [-0.4, -0.2) is 6.29 Å². The van der Waals surface area contributed by atoms with Crippen LogP contribution < -0.4 is 11.1 Å². The first kappa shape index (κ1) is 12.2. The third-order valence-corrected chi connectivity index (χ3v) is 2.88. The summed E-state index contributed by atoms with van der Waals surface area (Å²) in [5.74, 6) is 0. The number of anilines is 2. The second-order valence-electron chi connectivity index (χ2n) is 4.24. The number of nitrogen functional groups attached to an aromatic ring is 1. The molecule has 0 heterocycles. The molecule has 3 nitrogen and oxygen atoms in total. The highest BCUT2D eigenvalue weighted by atomic mass is 16.1. The van der Waals surface area contributed by atoms with Gasteiger partial charge in [-0.25, -0.2) is 0 Å². The zero-order valence-electron chi connectivity index (χ0n) is 10.3. The lowest BCUT2D eigenvalue weighted by molar-refractivity contribution is 0.112. The molecule has 0 aliphatic rings. The summed E-state index contributed by atoms with van der Waals surface area (Å²) < 4.78 is 0. The molecule has 0 amide bonds. The number of carbonyl (C=O) groups excluding carboxylic acids is 1. The zero-order valence-corrected chi connectivity index (χ0v) is 10.3. The molecule has 0 saturated carbocycles. The summed E-state index contributed by atoms with van der Waals surface area (Å²) in [5.41, 5.74) is 9.11. The Morgan fingerprint density at radius 1 is 1.17 bits per heavy atom. The van der Waals surface area contributed by atoms with Crippen LogP contribution in [0.15, 0.2) is 48.5 Å². The van der Waals surface area contributed by atoms with Crippen LogP contribution in [0.1, 0.15) is 28.9 Å². The molecule has 18 heavy (non-hydrogen) atoms. The molecule has 3 heteroatoms. The van der Waals surface area contributed by atoms with Gasteiger partial charge >= 0.3 is 0 Å². The largest absolute Gasteiger partial charge is 0.397 e. The Balaban J connectivity index is 2.17. The van der Waals surface area contributed by atoms with E-state index in [0.29, 0.717) is 11.3 Å². The highest BCUT2D eigenvalue weighted by molar-refractivity contribution is 5.80. The van der Waals surface area contributed by atoms with E-state index in [9.17, 15) is 4.79 Å². The summed E-state index contributed by atoms with van der Waals surface area (Å²) in [6.07, 6.45) is 0.792. The Kier molecular flexibility index (Phi) is 3.63. The van der Waals surface area contributed by atoms with Crippen molar-refractivity contribution in [2.45, 2.75) is 13.0 Å². The van der Waals surface area contributed by atoms with Crippen molar-refractivity contribution in [3.63, 3.8) is 0 Å². The van der Waals surface area contributed by atoms with Crippen molar-refractivity contribution in [2.24, 2.45) is 0 Å². The normalized spacial score (nSPS) is 11.8. The molecule has 0 radical (unpaired) electrons. The average molecular weight is 240 g/mol. The summed E-state index contributed by atoms with van der Waals surface area (Å²) in [6.45, 7) is 2.07. The first-order valence-electron chi connectivity index (χ1n) is 5.87. The van der Waals surface area contributed by atoms with Gasteiger partial charge in [0.1, 0.15) is 6.29 Å². The Bertz CT molecular complexity index is 537. The van der Waals surface area contributed by atoms with E-state index in [1.807, 2.05) is 24.3 Å². The van der Waals surface area contributed by atoms with E-state index in [2.05, 4.69) is 24.4 Å². The summed E-state index contributed by atoms with van der Waals surface area (Å²) in [6, 6.07) is 15.5. The van der Waals surface area contributed by atoms with Gasteiger partial charge in [-0.15, -0.1) is 0 Å².